The number of H-pyrrole nitrogens is 1. The molecule has 5 nitrogen and oxygen atoms in total. The molecule has 5 aromatic rings. The van der Waals surface area contributed by atoms with E-state index >= 15 is 0 Å². The van der Waals surface area contributed by atoms with Crippen LogP contribution in [0.5, 0.6) is 0 Å². The molecule has 0 amide bonds. The number of fused-ring (bicyclic) bond motifs is 2. The third-order valence-corrected chi connectivity index (χ3v) is 9.00. The fraction of sp³-hybridized carbons (Fsp3) is 0.250. The topological polar surface area (TPSA) is 59.8 Å². The molecule has 1 N–H and O–H groups in total. The third-order valence-electron chi connectivity index (χ3n) is 5.47. The predicted octanol–water partition coefficient (Wildman–Crippen LogP) is 5.70. The highest BCUT2D eigenvalue weighted by Crippen LogP contribution is 2.42. The third kappa shape index (κ3) is 3.66. The Kier molecular flexibility index (Phi) is 5.61. The number of hydrogen-bond acceptors (Lipinski definition) is 5. The lowest BCUT2D eigenvalue weighted by molar-refractivity contribution is 0.504. The molecule has 4 aromatic heterocycles. The number of nitrogens with zero attached hydrogens (tertiary/aromatic N) is 2. The maximum absolute atomic E-state index is 13.3. The van der Waals surface area contributed by atoms with Gasteiger partial charge in [0.25, 0.3) is 5.56 Å². The zero-order chi connectivity index (χ0) is 22.4. The summed E-state index contributed by atoms with van der Waals surface area (Å²) in [5, 5.41) is 3.89. The zero-order valence-electron chi connectivity index (χ0n) is 18.0. The van der Waals surface area contributed by atoms with Gasteiger partial charge in [0.15, 0.2) is 0 Å². The molecule has 0 aliphatic carbocycles. The van der Waals surface area contributed by atoms with Gasteiger partial charge >= 0.3 is 5.69 Å². The summed E-state index contributed by atoms with van der Waals surface area (Å²) >= 11 is 4.87. The maximum Gasteiger partial charge on any atom is 0.331 e. The highest BCUT2D eigenvalue weighted by molar-refractivity contribution is 8.01. The van der Waals surface area contributed by atoms with Crippen LogP contribution in [0.1, 0.15) is 24.3 Å². The molecule has 0 bridgehead atoms. The number of nitrogens with one attached hydrogen (secondary N) is 1. The molecule has 164 valence electrons. The van der Waals surface area contributed by atoms with Gasteiger partial charge in [-0.2, -0.15) is 0 Å². The molecular formula is C24H23N3O2S3. The molecule has 4 heterocycles. The first-order valence-corrected chi connectivity index (χ1v) is 13.0. The minimum absolute atomic E-state index is 0.217. The number of aromatic amines is 1. The van der Waals surface area contributed by atoms with Crippen molar-refractivity contribution in [1.82, 2.24) is 14.1 Å². The van der Waals surface area contributed by atoms with E-state index in [-0.39, 0.29) is 11.2 Å². The molecule has 32 heavy (non-hydrogen) atoms. The quantitative estimate of drug-likeness (QED) is 0.338. The van der Waals surface area contributed by atoms with Gasteiger partial charge in [0.2, 0.25) is 0 Å². The fourth-order valence-corrected chi connectivity index (χ4v) is 7.38. The van der Waals surface area contributed by atoms with Crippen molar-refractivity contribution in [2.45, 2.75) is 35.9 Å². The first-order valence-electron chi connectivity index (χ1n) is 10.5. The van der Waals surface area contributed by atoms with E-state index in [0.717, 1.165) is 24.3 Å². The molecule has 0 radical (unpaired) electrons. The van der Waals surface area contributed by atoms with Gasteiger partial charge in [-0.1, -0.05) is 49.9 Å². The number of hydrogen-bond donors (Lipinski definition) is 1. The molecule has 0 atom stereocenters. The van der Waals surface area contributed by atoms with Crippen LogP contribution in [0.4, 0.5) is 0 Å². The predicted molar refractivity (Wildman–Crippen MR) is 136 cm³/mol. The highest BCUT2D eigenvalue weighted by Gasteiger charge is 2.23. The van der Waals surface area contributed by atoms with E-state index in [0.29, 0.717) is 24.3 Å². The van der Waals surface area contributed by atoms with E-state index in [1.54, 1.807) is 46.1 Å². The molecule has 8 heteroatoms. The summed E-state index contributed by atoms with van der Waals surface area (Å²) in [4.78, 5) is 32.5. The summed E-state index contributed by atoms with van der Waals surface area (Å²) < 4.78 is 4.17. The number of aromatic nitrogens is 3. The summed E-state index contributed by atoms with van der Waals surface area (Å²) in [6.07, 6.45) is 2.75. The van der Waals surface area contributed by atoms with E-state index in [4.69, 9.17) is 0 Å². The molecule has 0 saturated heterocycles. The molecule has 0 aliphatic rings. The number of rotatable bonds is 6. The minimum Gasteiger partial charge on any atom is -0.361 e. The fourth-order valence-electron chi connectivity index (χ4n) is 3.98. The standard InChI is InChI=1S/C24H23N3O2S3/c1-14(2)13-27-23-20(22(28)26(3)24(27)29)21(32-19-9-6-10-30-19)18(31-23)11-15-12-25-17-8-5-4-7-16(15)17/h4-10,12,14,25H,11,13H2,1-3H3. The van der Waals surface area contributed by atoms with Crippen LogP contribution < -0.4 is 11.2 Å². The smallest absolute Gasteiger partial charge is 0.331 e. The minimum atomic E-state index is -0.247. The Balaban J connectivity index is 1.76. The normalized spacial score (nSPS) is 11.9. The van der Waals surface area contributed by atoms with Crippen molar-refractivity contribution in [3.8, 4) is 0 Å². The summed E-state index contributed by atoms with van der Waals surface area (Å²) in [6.45, 7) is 4.76. The Morgan fingerprint density at radius 2 is 1.94 bits per heavy atom. The van der Waals surface area contributed by atoms with Crippen LogP contribution in [-0.4, -0.2) is 14.1 Å². The van der Waals surface area contributed by atoms with Crippen LogP contribution in [0.15, 0.2) is 66.7 Å². The highest BCUT2D eigenvalue weighted by atomic mass is 32.2. The Morgan fingerprint density at radius 3 is 2.69 bits per heavy atom. The monoisotopic (exact) mass is 481 g/mol. The van der Waals surface area contributed by atoms with Crippen molar-refractivity contribution >= 4 is 55.6 Å². The number of para-hydroxylation sites is 1. The van der Waals surface area contributed by atoms with Crippen LogP contribution in [0.2, 0.25) is 0 Å². The largest absolute Gasteiger partial charge is 0.361 e. The van der Waals surface area contributed by atoms with Crippen LogP contribution in [0.3, 0.4) is 0 Å². The Morgan fingerprint density at radius 1 is 1.12 bits per heavy atom. The average Bonchev–Trinajstić information content (AvgIpc) is 3.51. The van der Waals surface area contributed by atoms with Gasteiger partial charge in [-0.3, -0.25) is 13.9 Å². The van der Waals surface area contributed by atoms with Crippen molar-refractivity contribution in [2.75, 3.05) is 0 Å². The lowest BCUT2D eigenvalue weighted by atomic mass is 10.1. The maximum atomic E-state index is 13.3. The van der Waals surface area contributed by atoms with Crippen molar-refractivity contribution in [3.05, 3.63) is 79.3 Å². The summed E-state index contributed by atoms with van der Waals surface area (Å²) in [5.74, 6) is 0.293. The Bertz CT molecular complexity index is 1530. The van der Waals surface area contributed by atoms with Crippen molar-refractivity contribution < 1.29 is 0 Å². The van der Waals surface area contributed by atoms with E-state index in [9.17, 15) is 9.59 Å². The van der Waals surface area contributed by atoms with Crippen molar-refractivity contribution in [3.63, 3.8) is 0 Å². The number of thiophene rings is 2. The molecule has 0 saturated carbocycles. The van der Waals surface area contributed by atoms with Crippen LogP contribution in [-0.2, 0) is 20.0 Å². The first kappa shape index (κ1) is 21.3. The lowest BCUT2D eigenvalue weighted by Gasteiger charge is -2.11. The summed E-state index contributed by atoms with van der Waals surface area (Å²) in [6, 6.07) is 12.3. The second-order valence-corrected chi connectivity index (χ2v) is 11.6. The van der Waals surface area contributed by atoms with Gasteiger partial charge in [-0.25, -0.2) is 4.79 Å². The van der Waals surface area contributed by atoms with Gasteiger partial charge in [-0.15, -0.1) is 22.7 Å². The van der Waals surface area contributed by atoms with E-state index in [1.807, 2.05) is 29.8 Å². The molecule has 0 fully saturated rings. The number of benzene rings is 1. The first-order chi connectivity index (χ1) is 15.4. The summed E-state index contributed by atoms with van der Waals surface area (Å²) in [7, 11) is 1.58. The lowest BCUT2D eigenvalue weighted by Crippen LogP contribution is -2.38. The molecule has 0 unspecified atom stereocenters. The Hall–Kier alpha value is -2.55. The van der Waals surface area contributed by atoms with E-state index < -0.39 is 0 Å². The van der Waals surface area contributed by atoms with Gasteiger partial charge in [0, 0.05) is 46.9 Å². The molecule has 0 aliphatic heterocycles. The van der Waals surface area contributed by atoms with E-state index in [2.05, 4.69) is 37.0 Å². The summed E-state index contributed by atoms with van der Waals surface area (Å²) in [5.41, 5.74) is 1.83. The van der Waals surface area contributed by atoms with Gasteiger partial charge in [0.05, 0.1) is 9.60 Å². The average molecular weight is 482 g/mol. The van der Waals surface area contributed by atoms with Crippen molar-refractivity contribution in [2.24, 2.45) is 13.0 Å². The van der Waals surface area contributed by atoms with Crippen LogP contribution in [0, 0.1) is 5.92 Å². The van der Waals surface area contributed by atoms with Crippen LogP contribution >= 0.6 is 34.4 Å². The SMILES string of the molecule is CC(C)Cn1c(=O)n(C)c(=O)c2c(Sc3cccs3)c(Cc3c[nH]c4ccccc34)sc21. The molecular weight excluding hydrogens is 458 g/mol. The van der Waals surface area contributed by atoms with Crippen LogP contribution in [0.25, 0.3) is 21.1 Å². The zero-order valence-corrected chi connectivity index (χ0v) is 20.5. The van der Waals surface area contributed by atoms with Gasteiger partial charge in [-0.05, 0) is 29.0 Å². The molecule has 0 spiro atoms. The second-order valence-electron chi connectivity index (χ2n) is 8.26. The van der Waals surface area contributed by atoms with Gasteiger partial charge in [0.1, 0.15) is 4.83 Å². The van der Waals surface area contributed by atoms with Gasteiger partial charge < -0.3 is 4.98 Å². The van der Waals surface area contributed by atoms with E-state index in [1.165, 1.54) is 15.5 Å². The second kappa shape index (κ2) is 8.42. The molecule has 5 rings (SSSR count). The Labute approximate surface area is 197 Å². The molecule has 1 aromatic carbocycles. The van der Waals surface area contributed by atoms with Crippen molar-refractivity contribution in [1.29, 1.82) is 0 Å².